The molecule has 6 rings (SSSR count). The molecule has 406 valence electrons. The smallest absolute Gasteiger partial charge is 0.407 e. The molecule has 8 atom stereocenters. The molecule has 0 unspecified atom stereocenters. The molecule has 10 N–H and O–H groups in total. The maximum atomic E-state index is 14.4. The fraction of sp³-hybridized carbons (Fsp3) is 0.451. The van der Waals surface area contributed by atoms with E-state index in [4.69, 9.17) is 4.74 Å². The number of rotatable bonds is 26. The van der Waals surface area contributed by atoms with Crippen LogP contribution in [0.5, 0.6) is 0 Å². The highest BCUT2D eigenvalue weighted by atomic mass is 32.2. The van der Waals surface area contributed by atoms with Crippen LogP contribution in [0.25, 0.3) is 33.4 Å². The number of carbonyl (C=O) groups is 2. The third-order valence-corrected chi connectivity index (χ3v) is 14.4. The average Bonchev–Trinajstić information content (AvgIpc) is 3.69. The van der Waals surface area contributed by atoms with Gasteiger partial charge < -0.3 is 35.8 Å². The summed E-state index contributed by atoms with van der Waals surface area (Å²) in [4.78, 5) is 43.4. The second kappa shape index (κ2) is 25.6. The summed E-state index contributed by atoms with van der Waals surface area (Å²) in [7, 11) is -7.49. The van der Waals surface area contributed by atoms with Gasteiger partial charge in [-0.3, -0.25) is 26.1 Å². The molecular formula is C51H68N10O11S3. The topological polar surface area (TPSA) is 316 Å². The van der Waals surface area contributed by atoms with E-state index in [2.05, 4.69) is 88.7 Å². The minimum atomic E-state index is -3.74. The van der Waals surface area contributed by atoms with Crippen molar-refractivity contribution in [2.75, 3.05) is 32.2 Å². The third kappa shape index (κ3) is 16.5. The van der Waals surface area contributed by atoms with Crippen LogP contribution in [0.15, 0.2) is 102 Å². The Morgan fingerprint density at radius 2 is 1.12 bits per heavy atom. The Bertz CT molecular complexity index is 2830. The van der Waals surface area contributed by atoms with E-state index in [-0.39, 0.29) is 24.5 Å². The Labute approximate surface area is 443 Å². The fourth-order valence-electron chi connectivity index (χ4n) is 8.33. The van der Waals surface area contributed by atoms with Gasteiger partial charge in [0.05, 0.1) is 12.6 Å². The number of thiol groups is 1. The molecule has 2 amide bonds. The van der Waals surface area contributed by atoms with Crippen molar-refractivity contribution in [1.82, 2.24) is 51.8 Å². The number of aromatic nitrogens is 4. The van der Waals surface area contributed by atoms with Gasteiger partial charge in [-0.05, 0) is 105 Å². The molecule has 0 radical (unpaired) electrons. The number of benzene rings is 3. The number of hydrogen-bond donors (Lipinski definition) is 11. The van der Waals surface area contributed by atoms with E-state index in [1.165, 1.54) is 36.9 Å². The van der Waals surface area contributed by atoms with E-state index < -0.39 is 95.8 Å². The van der Waals surface area contributed by atoms with E-state index >= 15 is 0 Å². The van der Waals surface area contributed by atoms with Gasteiger partial charge in [0.2, 0.25) is 30.0 Å². The monoisotopic (exact) mass is 1090 g/mol. The Morgan fingerprint density at radius 3 is 1.59 bits per heavy atom. The molecule has 1 aliphatic rings. The van der Waals surface area contributed by atoms with Crippen molar-refractivity contribution in [3.63, 3.8) is 0 Å². The van der Waals surface area contributed by atoms with Crippen molar-refractivity contribution in [1.29, 1.82) is 0 Å². The van der Waals surface area contributed by atoms with E-state index in [9.17, 15) is 46.9 Å². The number of nitrogens with one attached hydrogen (secondary N) is 6. The number of aliphatic hydroxyl groups excluding tert-OH is 4. The first kappa shape index (κ1) is 58.7. The SMILES string of the molecule is C[C@H](N[C@@H](O)[C@H](C)N[C@@H](O)[C@H](C)N[C@@H](O)[C@H](CCCCOC(=O)NCC1c2ccccc2-c2ccccc21)NC(=O)c1cc(-c2cnc(S(C)(=O)=O)nc2)cc(-c2cnc(S(C)(=O)=O)nc2)c1)[C@H](O)NCC(C)(C)S. The van der Waals surface area contributed by atoms with Crippen LogP contribution in [0.1, 0.15) is 81.3 Å². The number of unbranched alkanes of at least 4 members (excludes halogenated alkanes) is 1. The van der Waals surface area contributed by atoms with E-state index in [1.54, 1.807) is 26.8 Å². The molecule has 1 aliphatic carbocycles. The summed E-state index contributed by atoms with van der Waals surface area (Å²) in [5, 5.41) is 61.1. The van der Waals surface area contributed by atoms with Crippen molar-refractivity contribution in [3.05, 3.63) is 108 Å². The molecule has 3 aromatic carbocycles. The van der Waals surface area contributed by atoms with Crippen molar-refractivity contribution in [2.45, 2.75) is 124 Å². The van der Waals surface area contributed by atoms with Crippen LogP contribution in [-0.4, -0.2) is 155 Å². The molecule has 0 bridgehead atoms. The molecule has 24 heteroatoms. The number of sulfone groups is 2. The van der Waals surface area contributed by atoms with Gasteiger partial charge in [0.1, 0.15) is 24.9 Å². The van der Waals surface area contributed by atoms with Gasteiger partial charge in [0, 0.05) is 95.9 Å². The summed E-state index contributed by atoms with van der Waals surface area (Å²) >= 11 is 4.46. The summed E-state index contributed by atoms with van der Waals surface area (Å²) in [6, 6.07) is 17.5. The van der Waals surface area contributed by atoms with E-state index in [0.29, 0.717) is 48.2 Å². The first-order valence-corrected chi connectivity index (χ1v) is 28.6. The second-order valence-electron chi connectivity index (χ2n) is 19.5. The average molecular weight is 1090 g/mol. The van der Waals surface area contributed by atoms with Crippen molar-refractivity contribution >= 4 is 44.3 Å². The summed E-state index contributed by atoms with van der Waals surface area (Å²) in [6.07, 6.45) is 2.18. The zero-order chi connectivity index (χ0) is 54.8. The predicted octanol–water partition coefficient (Wildman–Crippen LogP) is 2.72. The van der Waals surface area contributed by atoms with E-state index in [1.807, 2.05) is 38.1 Å². The molecular weight excluding hydrogens is 1020 g/mol. The Kier molecular flexibility index (Phi) is 20.0. The fourth-order valence-corrected chi connectivity index (χ4v) is 9.40. The molecule has 5 aromatic rings. The lowest BCUT2D eigenvalue weighted by Gasteiger charge is -2.33. The lowest BCUT2D eigenvalue weighted by Crippen LogP contribution is -2.61. The first-order chi connectivity index (χ1) is 35.3. The Hall–Kier alpha value is -5.51. The van der Waals surface area contributed by atoms with Gasteiger partial charge in [-0.25, -0.2) is 41.6 Å². The number of fused-ring (bicyclic) bond motifs is 3. The van der Waals surface area contributed by atoms with Crippen molar-refractivity contribution in [2.24, 2.45) is 0 Å². The zero-order valence-electron chi connectivity index (χ0n) is 42.8. The molecule has 0 spiro atoms. The number of alkyl carbamates (subject to hydrolysis) is 1. The quantitative estimate of drug-likeness (QED) is 0.0164. The van der Waals surface area contributed by atoms with Crippen LogP contribution < -0.4 is 31.9 Å². The number of aliphatic hydroxyl groups is 4. The standard InChI is InChI=1S/C51H68N10O11S3/c1-29(43(62)57-28-51(4,5)73)58-44(63)30(2)59-45(64)31(3)60-47(66)42(18-12-13-19-72-50(67)56-27-41-39-16-10-8-14-37(39)38-15-9-11-17-40(38)41)61-46(65)34-21-32(35-23-52-48(53-24-35)74(6,68)69)20-33(22-34)36-25-54-49(55-26-36)75(7,70)71/h8-11,14-17,20-26,29-31,41-45,47,57-60,62-64,66,73H,12-13,18-19,27-28H2,1-7H3,(H,56,67)(H,61,65)/t29-,30-,31-,42-,43-,44-,45-,47-/m0/s1. The number of carbonyl (C=O) groups excluding carboxylic acids is 2. The molecule has 0 fully saturated rings. The zero-order valence-corrected chi connectivity index (χ0v) is 45.3. The molecule has 2 aromatic heterocycles. The third-order valence-electron chi connectivity index (χ3n) is 12.5. The second-order valence-corrected chi connectivity index (χ2v) is 24.5. The van der Waals surface area contributed by atoms with Gasteiger partial charge >= 0.3 is 6.09 Å². The summed E-state index contributed by atoms with van der Waals surface area (Å²) in [5.74, 6) is -0.722. The lowest BCUT2D eigenvalue weighted by atomic mass is 9.97. The van der Waals surface area contributed by atoms with Crippen LogP contribution in [0.4, 0.5) is 4.79 Å². The predicted molar refractivity (Wildman–Crippen MR) is 286 cm³/mol. The highest BCUT2D eigenvalue weighted by Crippen LogP contribution is 2.44. The van der Waals surface area contributed by atoms with Crippen molar-refractivity contribution in [3.8, 4) is 33.4 Å². The van der Waals surface area contributed by atoms with Gasteiger partial charge in [0.25, 0.3) is 5.91 Å². The van der Waals surface area contributed by atoms with Crippen LogP contribution in [0.2, 0.25) is 0 Å². The van der Waals surface area contributed by atoms with Crippen molar-refractivity contribution < 1.29 is 51.6 Å². The maximum absolute atomic E-state index is 14.4. The molecule has 0 saturated carbocycles. The summed E-state index contributed by atoms with van der Waals surface area (Å²) in [6.45, 7) is 9.38. The van der Waals surface area contributed by atoms with Crippen LogP contribution in [0.3, 0.4) is 0 Å². The molecule has 0 saturated heterocycles. The highest BCUT2D eigenvalue weighted by molar-refractivity contribution is 7.90. The molecule has 0 aliphatic heterocycles. The number of ether oxygens (including phenoxy) is 1. The minimum Gasteiger partial charge on any atom is -0.450 e. The number of amides is 2. The van der Waals surface area contributed by atoms with Crippen LogP contribution in [0, 0.1) is 0 Å². The van der Waals surface area contributed by atoms with E-state index in [0.717, 1.165) is 34.8 Å². The van der Waals surface area contributed by atoms with Crippen LogP contribution >= 0.6 is 12.6 Å². The number of nitrogens with zero attached hydrogens (tertiary/aromatic N) is 4. The minimum absolute atomic E-state index is 0.0197. The lowest BCUT2D eigenvalue weighted by molar-refractivity contribution is 0.000714. The molecule has 21 nitrogen and oxygen atoms in total. The van der Waals surface area contributed by atoms with Crippen LogP contribution in [-0.2, 0) is 24.4 Å². The first-order valence-electron chi connectivity index (χ1n) is 24.3. The largest absolute Gasteiger partial charge is 0.450 e. The summed E-state index contributed by atoms with van der Waals surface area (Å²) < 4.78 is 53.8. The highest BCUT2D eigenvalue weighted by Gasteiger charge is 2.31. The Morgan fingerprint density at radius 1 is 0.667 bits per heavy atom. The number of hydrogen-bond acceptors (Lipinski definition) is 20. The summed E-state index contributed by atoms with van der Waals surface area (Å²) in [5.41, 5.74) is 5.92. The normalized spacial score (nSPS) is 16.1. The van der Waals surface area contributed by atoms with Gasteiger partial charge in [0.15, 0.2) is 0 Å². The Balaban J connectivity index is 1.16. The van der Waals surface area contributed by atoms with Gasteiger partial charge in [-0.1, -0.05) is 48.5 Å². The molecule has 2 heterocycles. The molecule has 75 heavy (non-hydrogen) atoms. The maximum Gasteiger partial charge on any atom is 0.407 e. The van der Waals surface area contributed by atoms with Gasteiger partial charge in [-0.15, -0.1) is 0 Å². The van der Waals surface area contributed by atoms with Gasteiger partial charge in [-0.2, -0.15) is 12.6 Å².